The molecule has 0 N–H and O–H groups in total. The van der Waals surface area contributed by atoms with Crippen molar-refractivity contribution in [1.82, 2.24) is 34.4 Å². The summed E-state index contributed by atoms with van der Waals surface area (Å²) in [7, 11) is 0. The van der Waals surface area contributed by atoms with E-state index in [0.29, 0.717) is 26.2 Å². The molecule has 0 spiro atoms. The summed E-state index contributed by atoms with van der Waals surface area (Å²) in [6.07, 6.45) is 8.38. The highest BCUT2D eigenvalue weighted by Gasteiger charge is 2.22. The Kier molecular flexibility index (Phi) is 5.09. The molecule has 0 saturated carbocycles. The number of aryl methyl sites for hydroxylation is 1. The first-order valence-electron chi connectivity index (χ1n) is 8.94. The van der Waals surface area contributed by atoms with Crippen LogP contribution in [-0.4, -0.2) is 73.1 Å². The lowest BCUT2D eigenvalue weighted by molar-refractivity contribution is -0.133. The second-order valence-electron chi connectivity index (χ2n) is 6.34. The number of hydrogen-bond donors (Lipinski definition) is 0. The maximum Gasteiger partial charge on any atom is 0.317 e. The zero-order chi connectivity index (χ0) is 19.3. The topological polar surface area (TPSA) is 102 Å². The fraction of sp³-hybridized carbons (Fsp3) is 0.333. The van der Waals surface area contributed by atoms with E-state index in [0.717, 1.165) is 17.3 Å². The van der Waals surface area contributed by atoms with Crippen molar-refractivity contribution in [2.24, 2.45) is 0 Å². The molecule has 1 saturated heterocycles. The van der Waals surface area contributed by atoms with Gasteiger partial charge in [-0.2, -0.15) is 0 Å². The van der Waals surface area contributed by atoms with E-state index in [1.54, 1.807) is 29.7 Å². The Morgan fingerprint density at radius 3 is 2.68 bits per heavy atom. The summed E-state index contributed by atoms with van der Waals surface area (Å²) in [6.45, 7) is 4.35. The Hall–Kier alpha value is -3.56. The molecule has 1 fully saturated rings. The van der Waals surface area contributed by atoms with Crippen molar-refractivity contribution in [2.45, 2.75) is 6.92 Å². The van der Waals surface area contributed by atoms with E-state index in [1.165, 1.54) is 6.33 Å². The Bertz CT molecular complexity index is 938. The normalized spacial score (nSPS) is 14.2. The number of carbonyl (C=O) groups is 1. The van der Waals surface area contributed by atoms with E-state index in [4.69, 9.17) is 4.74 Å². The van der Waals surface area contributed by atoms with Crippen molar-refractivity contribution in [2.75, 3.05) is 37.7 Å². The van der Waals surface area contributed by atoms with Crippen molar-refractivity contribution in [3.63, 3.8) is 0 Å². The van der Waals surface area contributed by atoms with Gasteiger partial charge in [0.1, 0.15) is 24.3 Å². The molecule has 144 valence electrons. The molecular formula is C18H20N8O2. The molecule has 0 aliphatic carbocycles. The van der Waals surface area contributed by atoms with Crippen molar-refractivity contribution in [3.8, 4) is 11.8 Å². The third kappa shape index (κ3) is 4.05. The second kappa shape index (κ2) is 7.99. The summed E-state index contributed by atoms with van der Waals surface area (Å²) in [6, 6.07) is 3.91. The van der Waals surface area contributed by atoms with Crippen LogP contribution in [0.3, 0.4) is 0 Å². The van der Waals surface area contributed by atoms with E-state index in [2.05, 4.69) is 29.8 Å². The summed E-state index contributed by atoms with van der Waals surface area (Å²) >= 11 is 0. The highest BCUT2D eigenvalue weighted by Crippen LogP contribution is 2.16. The SMILES string of the molecule is Cc1ccnc(OCC(=O)N2CCN(c3cc(-n4ccnc4)ncn3)CC2)n1. The van der Waals surface area contributed by atoms with Crippen LogP contribution in [0.5, 0.6) is 6.01 Å². The van der Waals surface area contributed by atoms with E-state index in [1.807, 2.05) is 23.8 Å². The predicted octanol–water partition coefficient (Wildman–Crippen LogP) is 0.488. The lowest BCUT2D eigenvalue weighted by atomic mass is 10.3. The summed E-state index contributed by atoms with van der Waals surface area (Å²) in [5.41, 5.74) is 0.797. The predicted molar refractivity (Wildman–Crippen MR) is 100 cm³/mol. The van der Waals surface area contributed by atoms with E-state index in [9.17, 15) is 4.79 Å². The van der Waals surface area contributed by atoms with Crippen LogP contribution in [-0.2, 0) is 4.79 Å². The number of carbonyl (C=O) groups excluding carboxylic acids is 1. The summed E-state index contributed by atoms with van der Waals surface area (Å²) in [4.78, 5) is 37.1. The van der Waals surface area contributed by atoms with Crippen LogP contribution in [0.15, 0.2) is 43.4 Å². The smallest absolute Gasteiger partial charge is 0.317 e. The molecule has 10 heteroatoms. The number of hydrogen-bond acceptors (Lipinski definition) is 8. The lowest BCUT2D eigenvalue weighted by Crippen LogP contribution is -2.50. The third-order valence-corrected chi connectivity index (χ3v) is 4.46. The number of aromatic nitrogens is 6. The van der Waals surface area contributed by atoms with Gasteiger partial charge in [-0.05, 0) is 13.0 Å². The Balaban J connectivity index is 1.32. The first-order valence-corrected chi connectivity index (χ1v) is 8.94. The first-order chi connectivity index (χ1) is 13.7. The minimum atomic E-state index is -0.0773. The number of anilines is 1. The van der Waals surface area contributed by atoms with Gasteiger partial charge in [0.05, 0.1) is 0 Å². The highest BCUT2D eigenvalue weighted by molar-refractivity contribution is 5.78. The molecular weight excluding hydrogens is 360 g/mol. The molecule has 4 rings (SSSR count). The zero-order valence-electron chi connectivity index (χ0n) is 15.5. The molecule has 0 unspecified atom stereocenters. The maximum absolute atomic E-state index is 12.4. The Morgan fingerprint density at radius 1 is 1.11 bits per heavy atom. The van der Waals surface area contributed by atoms with Crippen molar-refractivity contribution in [3.05, 3.63) is 49.1 Å². The summed E-state index contributed by atoms with van der Waals surface area (Å²) in [5.74, 6) is 1.51. The molecule has 3 aromatic heterocycles. The van der Waals surface area contributed by atoms with Crippen LogP contribution in [0, 0.1) is 6.92 Å². The molecule has 0 bridgehead atoms. The molecule has 4 heterocycles. The van der Waals surface area contributed by atoms with Gasteiger partial charge in [0, 0.05) is 56.5 Å². The number of ether oxygens (including phenoxy) is 1. The minimum absolute atomic E-state index is 0.0677. The van der Waals surface area contributed by atoms with Gasteiger partial charge in [-0.3, -0.25) is 9.36 Å². The molecule has 1 aliphatic rings. The first kappa shape index (κ1) is 17.8. The van der Waals surface area contributed by atoms with Crippen molar-refractivity contribution < 1.29 is 9.53 Å². The van der Waals surface area contributed by atoms with Gasteiger partial charge in [-0.1, -0.05) is 0 Å². The molecule has 3 aromatic rings. The number of imidazole rings is 1. The molecule has 10 nitrogen and oxygen atoms in total. The number of piperazine rings is 1. The van der Waals surface area contributed by atoms with E-state index in [-0.39, 0.29) is 18.5 Å². The van der Waals surface area contributed by atoms with Gasteiger partial charge < -0.3 is 14.5 Å². The Labute approximate surface area is 161 Å². The van der Waals surface area contributed by atoms with Gasteiger partial charge in [-0.15, -0.1) is 0 Å². The number of nitrogens with zero attached hydrogens (tertiary/aromatic N) is 8. The molecule has 0 aromatic carbocycles. The van der Waals surface area contributed by atoms with Crippen molar-refractivity contribution >= 4 is 11.7 Å². The standard InChI is InChI=1S/C18H20N8O2/c1-14-2-3-20-18(23-14)28-11-17(27)25-8-6-24(7-9-25)15-10-16(22-12-21-15)26-5-4-19-13-26/h2-5,10,12-13H,6-9,11H2,1H3. The van der Waals surface area contributed by atoms with Crippen LogP contribution < -0.4 is 9.64 Å². The van der Waals surface area contributed by atoms with Crippen LogP contribution in [0.2, 0.25) is 0 Å². The molecule has 28 heavy (non-hydrogen) atoms. The van der Waals surface area contributed by atoms with Gasteiger partial charge in [0.2, 0.25) is 0 Å². The van der Waals surface area contributed by atoms with Crippen molar-refractivity contribution in [1.29, 1.82) is 0 Å². The average Bonchev–Trinajstić information content (AvgIpc) is 3.27. The fourth-order valence-electron chi connectivity index (χ4n) is 2.94. The fourth-order valence-corrected chi connectivity index (χ4v) is 2.94. The average molecular weight is 380 g/mol. The lowest BCUT2D eigenvalue weighted by Gasteiger charge is -2.35. The Morgan fingerprint density at radius 2 is 1.93 bits per heavy atom. The third-order valence-electron chi connectivity index (χ3n) is 4.46. The zero-order valence-corrected chi connectivity index (χ0v) is 15.5. The quantitative estimate of drug-likeness (QED) is 0.630. The summed E-state index contributed by atoms with van der Waals surface area (Å²) in [5, 5.41) is 0. The molecule has 0 atom stereocenters. The molecule has 0 radical (unpaired) electrons. The van der Waals surface area contributed by atoms with Gasteiger partial charge in [-0.25, -0.2) is 24.9 Å². The maximum atomic E-state index is 12.4. The summed E-state index contributed by atoms with van der Waals surface area (Å²) < 4.78 is 7.24. The van der Waals surface area contributed by atoms with Gasteiger partial charge in [0.15, 0.2) is 6.61 Å². The van der Waals surface area contributed by atoms with Crippen LogP contribution >= 0.6 is 0 Å². The molecule has 1 amide bonds. The minimum Gasteiger partial charge on any atom is -0.453 e. The molecule has 1 aliphatic heterocycles. The van der Waals surface area contributed by atoms with Crippen LogP contribution in [0.4, 0.5) is 5.82 Å². The second-order valence-corrected chi connectivity index (χ2v) is 6.34. The number of amides is 1. The van der Waals surface area contributed by atoms with E-state index >= 15 is 0 Å². The monoisotopic (exact) mass is 380 g/mol. The van der Waals surface area contributed by atoms with Gasteiger partial charge >= 0.3 is 6.01 Å². The number of rotatable bonds is 5. The van der Waals surface area contributed by atoms with Crippen LogP contribution in [0.1, 0.15) is 5.69 Å². The van der Waals surface area contributed by atoms with Gasteiger partial charge in [0.25, 0.3) is 5.91 Å². The van der Waals surface area contributed by atoms with E-state index < -0.39 is 0 Å². The largest absolute Gasteiger partial charge is 0.453 e. The highest BCUT2D eigenvalue weighted by atomic mass is 16.5. The van der Waals surface area contributed by atoms with Crippen LogP contribution in [0.25, 0.3) is 5.82 Å².